The number of halogens is 1. The fourth-order valence-corrected chi connectivity index (χ4v) is 2.03. The Bertz CT molecular complexity index is 482. The van der Waals surface area contributed by atoms with Crippen LogP contribution in [0.2, 0.25) is 0 Å². The predicted molar refractivity (Wildman–Crippen MR) is 72.8 cm³/mol. The zero-order chi connectivity index (χ0) is 12.1. The van der Waals surface area contributed by atoms with Crippen molar-refractivity contribution >= 4 is 28.2 Å². The molecule has 1 aromatic heterocycles. The molecule has 0 aliphatic carbocycles. The number of nitrogens with zero attached hydrogens (tertiary/aromatic N) is 3. The predicted octanol–water partition coefficient (Wildman–Crippen LogP) is 3.09. The molecule has 0 radical (unpaired) electrons. The number of fused-ring (bicyclic) bond motifs is 1. The van der Waals surface area contributed by atoms with Crippen molar-refractivity contribution in [3.63, 3.8) is 0 Å². The van der Waals surface area contributed by atoms with Gasteiger partial charge in [0.25, 0.3) is 0 Å². The van der Waals surface area contributed by atoms with Crippen molar-refractivity contribution in [2.45, 2.75) is 13.3 Å². The summed E-state index contributed by atoms with van der Waals surface area (Å²) in [7, 11) is 0. The standard InChI is InChI=1S/C13H16ClN3/c1-2-17(9-5-8-14)13-12-7-4-3-6-11(12)10-15-16-13/h3-4,6-7,10H,2,5,8-9H2,1H3. The van der Waals surface area contributed by atoms with E-state index in [4.69, 9.17) is 11.6 Å². The summed E-state index contributed by atoms with van der Waals surface area (Å²) in [4.78, 5) is 2.22. The highest BCUT2D eigenvalue weighted by atomic mass is 35.5. The quantitative estimate of drug-likeness (QED) is 0.763. The third-order valence-corrected chi connectivity index (χ3v) is 3.06. The van der Waals surface area contributed by atoms with E-state index in [1.165, 1.54) is 0 Å². The van der Waals surface area contributed by atoms with Crippen molar-refractivity contribution in [1.29, 1.82) is 0 Å². The van der Waals surface area contributed by atoms with Gasteiger partial charge in [-0.2, -0.15) is 5.10 Å². The first kappa shape index (κ1) is 12.1. The molecule has 0 unspecified atom stereocenters. The van der Waals surface area contributed by atoms with Gasteiger partial charge in [-0.1, -0.05) is 24.3 Å². The minimum Gasteiger partial charge on any atom is -0.355 e. The van der Waals surface area contributed by atoms with Crippen LogP contribution >= 0.6 is 11.6 Å². The van der Waals surface area contributed by atoms with Gasteiger partial charge in [-0.05, 0) is 13.3 Å². The highest BCUT2D eigenvalue weighted by Crippen LogP contribution is 2.22. The molecule has 0 saturated heterocycles. The zero-order valence-corrected chi connectivity index (χ0v) is 10.7. The van der Waals surface area contributed by atoms with E-state index < -0.39 is 0 Å². The maximum atomic E-state index is 5.75. The molecule has 90 valence electrons. The number of anilines is 1. The van der Waals surface area contributed by atoms with E-state index in [2.05, 4.69) is 34.2 Å². The van der Waals surface area contributed by atoms with Gasteiger partial charge in [0.1, 0.15) is 0 Å². The molecule has 0 bridgehead atoms. The summed E-state index contributed by atoms with van der Waals surface area (Å²) in [5.74, 6) is 1.63. The summed E-state index contributed by atoms with van der Waals surface area (Å²) in [6.07, 6.45) is 2.76. The van der Waals surface area contributed by atoms with E-state index in [1.54, 1.807) is 6.20 Å². The highest BCUT2D eigenvalue weighted by Gasteiger charge is 2.09. The van der Waals surface area contributed by atoms with E-state index in [0.29, 0.717) is 5.88 Å². The molecule has 0 N–H and O–H groups in total. The van der Waals surface area contributed by atoms with Crippen LogP contribution in [0.15, 0.2) is 30.5 Å². The first-order valence-corrected chi connectivity index (χ1v) is 6.41. The van der Waals surface area contributed by atoms with Gasteiger partial charge >= 0.3 is 0 Å². The van der Waals surface area contributed by atoms with Crippen molar-refractivity contribution in [3.8, 4) is 0 Å². The number of hydrogen-bond donors (Lipinski definition) is 0. The van der Waals surface area contributed by atoms with Gasteiger partial charge in [0.2, 0.25) is 0 Å². The van der Waals surface area contributed by atoms with Crippen LogP contribution in [0.1, 0.15) is 13.3 Å². The van der Waals surface area contributed by atoms with Crippen LogP contribution in [0.3, 0.4) is 0 Å². The summed E-state index contributed by atoms with van der Waals surface area (Å²) in [6.45, 7) is 3.96. The summed E-state index contributed by atoms with van der Waals surface area (Å²) in [6, 6.07) is 8.19. The molecule has 1 aromatic carbocycles. The first-order chi connectivity index (χ1) is 8.36. The van der Waals surface area contributed by atoms with Crippen LogP contribution in [0.5, 0.6) is 0 Å². The summed E-state index contributed by atoms with van der Waals surface area (Å²) < 4.78 is 0. The molecule has 0 aliphatic rings. The van der Waals surface area contributed by atoms with E-state index in [-0.39, 0.29) is 0 Å². The minimum absolute atomic E-state index is 0.675. The summed E-state index contributed by atoms with van der Waals surface area (Å²) in [5, 5.41) is 10.6. The number of alkyl halides is 1. The molecule has 0 atom stereocenters. The summed E-state index contributed by atoms with van der Waals surface area (Å²) >= 11 is 5.75. The van der Waals surface area contributed by atoms with Crippen LogP contribution in [-0.4, -0.2) is 29.2 Å². The molecule has 0 spiro atoms. The molecular formula is C13H16ClN3. The zero-order valence-electron chi connectivity index (χ0n) is 9.93. The lowest BCUT2D eigenvalue weighted by molar-refractivity contribution is 0.774. The number of benzene rings is 1. The van der Waals surface area contributed by atoms with Crippen LogP contribution in [0, 0.1) is 0 Å². The Labute approximate surface area is 106 Å². The molecule has 0 amide bonds. The maximum Gasteiger partial charge on any atom is 0.159 e. The Hall–Kier alpha value is -1.35. The third-order valence-electron chi connectivity index (χ3n) is 2.79. The summed E-state index contributed by atoms with van der Waals surface area (Å²) in [5.41, 5.74) is 0. The van der Waals surface area contributed by atoms with Gasteiger partial charge in [-0.25, -0.2) is 0 Å². The second kappa shape index (κ2) is 5.82. The molecule has 0 aliphatic heterocycles. The molecule has 2 rings (SSSR count). The van der Waals surface area contributed by atoms with Gasteiger partial charge in [0.15, 0.2) is 5.82 Å². The lowest BCUT2D eigenvalue weighted by Gasteiger charge is -2.22. The minimum atomic E-state index is 0.675. The third kappa shape index (κ3) is 2.67. The average molecular weight is 250 g/mol. The largest absolute Gasteiger partial charge is 0.355 e. The topological polar surface area (TPSA) is 29.0 Å². The fraction of sp³-hybridized carbons (Fsp3) is 0.385. The molecule has 2 aromatic rings. The van der Waals surface area contributed by atoms with E-state index in [9.17, 15) is 0 Å². The fourth-order valence-electron chi connectivity index (χ4n) is 1.91. The molecule has 3 nitrogen and oxygen atoms in total. The second-order valence-electron chi connectivity index (χ2n) is 3.88. The molecule has 0 fully saturated rings. The van der Waals surface area contributed by atoms with Crippen molar-refractivity contribution in [1.82, 2.24) is 10.2 Å². The molecule has 0 saturated carbocycles. The van der Waals surface area contributed by atoms with Gasteiger partial charge in [-0.3, -0.25) is 0 Å². The average Bonchev–Trinajstić information content (AvgIpc) is 2.40. The Balaban J connectivity index is 2.38. The smallest absolute Gasteiger partial charge is 0.159 e. The van der Waals surface area contributed by atoms with Gasteiger partial charge in [-0.15, -0.1) is 16.7 Å². The van der Waals surface area contributed by atoms with Crippen molar-refractivity contribution in [2.24, 2.45) is 0 Å². The monoisotopic (exact) mass is 249 g/mol. The van der Waals surface area contributed by atoms with Gasteiger partial charge < -0.3 is 4.90 Å². The van der Waals surface area contributed by atoms with Gasteiger partial charge in [0, 0.05) is 29.7 Å². The maximum absolute atomic E-state index is 5.75. The first-order valence-electron chi connectivity index (χ1n) is 5.88. The van der Waals surface area contributed by atoms with Crippen molar-refractivity contribution < 1.29 is 0 Å². The van der Waals surface area contributed by atoms with Crippen LogP contribution in [-0.2, 0) is 0 Å². The van der Waals surface area contributed by atoms with Crippen LogP contribution in [0.4, 0.5) is 5.82 Å². The lowest BCUT2D eigenvalue weighted by atomic mass is 10.2. The normalized spacial score (nSPS) is 10.7. The van der Waals surface area contributed by atoms with Crippen LogP contribution in [0.25, 0.3) is 10.8 Å². The second-order valence-corrected chi connectivity index (χ2v) is 4.26. The molecule has 4 heteroatoms. The Morgan fingerprint density at radius 3 is 2.88 bits per heavy atom. The van der Waals surface area contributed by atoms with Crippen molar-refractivity contribution in [2.75, 3.05) is 23.9 Å². The molecule has 17 heavy (non-hydrogen) atoms. The van der Waals surface area contributed by atoms with Crippen LogP contribution < -0.4 is 4.90 Å². The molecular weight excluding hydrogens is 234 g/mol. The number of rotatable bonds is 5. The number of hydrogen-bond acceptors (Lipinski definition) is 3. The van der Waals surface area contributed by atoms with Crippen molar-refractivity contribution in [3.05, 3.63) is 30.5 Å². The number of aromatic nitrogens is 2. The Morgan fingerprint density at radius 2 is 2.12 bits per heavy atom. The lowest BCUT2D eigenvalue weighted by Crippen LogP contribution is -2.25. The Kier molecular flexibility index (Phi) is 4.15. The van der Waals surface area contributed by atoms with Gasteiger partial charge in [0.05, 0.1) is 6.20 Å². The van der Waals surface area contributed by atoms with E-state index in [1.807, 2.05) is 12.1 Å². The highest BCUT2D eigenvalue weighted by molar-refractivity contribution is 6.17. The van der Waals surface area contributed by atoms with E-state index in [0.717, 1.165) is 36.1 Å². The molecule has 1 heterocycles. The Morgan fingerprint density at radius 1 is 1.29 bits per heavy atom. The SMILES string of the molecule is CCN(CCCCl)c1nncc2ccccc12. The van der Waals surface area contributed by atoms with E-state index >= 15 is 0 Å².